The third-order valence-electron chi connectivity index (χ3n) is 2.91. The molecule has 0 unspecified atom stereocenters. The van der Waals surface area contributed by atoms with Crippen LogP contribution < -0.4 is 10.5 Å². The van der Waals surface area contributed by atoms with Gasteiger partial charge in [0.15, 0.2) is 4.90 Å². The lowest BCUT2D eigenvalue weighted by atomic mass is 10.3. The molecule has 0 amide bonds. The van der Waals surface area contributed by atoms with Crippen molar-refractivity contribution in [2.45, 2.75) is 9.79 Å². The fourth-order valence-electron chi connectivity index (χ4n) is 1.89. The van der Waals surface area contributed by atoms with Crippen molar-refractivity contribution in [3.8, 4) is 0 Å². The van der Waals surface area contributed by atoms with Crippen LogP contribution in [0.5, 0.6) is 0 Å². The molecule has 0 bridgehead atoms. The van der Waals surface area contributed by atoms with Crippen molar-refractivity contribution in [3.63, 3.8) is 0 Å². The van der Waals surface area contributed by atoms with E-state index in [1.54, 1.807) is 11.8 Å². The summed E-state index contributed by atoms with van der Waals surface area (Å²) in [5.41, 5.74) is -0.0639. The summed E-state index contributed by atoms with van der Waals surface area (Å²) < 4.78 is 22.7. The highest BCUT2D eigenvalue weighted by molar-refractivity contribution is 7.99. The number of primary sulfonamides is 1. The zero-order valence-corrected chi connectivity index (χ0v) is 13.6. The van der Waals surface area contributed by atoms with Gasteiger partial charge in [0.05, 0.1) is 4.92 Å². The third kappa shape index (κ3) is 4.95. The van der Waals surface area contributed by atoms with Crippen LogP contribution in [0.1, 0.15) is 0 Å². The maximum atomic E-state index is 11.3. The van der Waals surface area contributed by atoms with Crippen LogP contribution in [0.4, 0.5) is 11.4 Å². The molecule has 2 rings (SSSR count). The smallest absolute Gasteiger partial charge is 0.291 e. The lowest BCUT2D eigenvalue weighted by Crippen LogP contribution is -2.14. The Kier molecular flexibility index (Phi) is 5.59. The Morgan fingerprint density at radius 1 is 1.17 bits per heavy atom. The molecule has 0 fully saturated rings. The maximum absolute atomic E-state index is 11.3. The number of hydrogen-bond acceptors (Lipinski definition) is 6. The Hall–Kier alpha value is -2.10. The van der Waals surface area contributed by atoms with Crippen LogP contribution in [0, 0.1) is 10.1 Å². The van der Waals surface area contributed by atoms with Crippen molar-refractivity contribution in [2.24, 2.45) is 5.14 Å². The summed E-state index contributed by atoms with van der Waals surface area (Å²) in [6.45, 7) is 0.575. The number of anilines is 1. The predicted molar refractivity (Wildman–Crippen MR) is 90.1 cm³/mol. The van der Waals surface area contributed by atoms with E-state index in [1.165, 1.54) is 12.1 Å². The minimum atomic E-state index is -4.13. The standard InChI is InChI=1S/C14H15N3O4S2/c15-23(20,21)14-7-6-11(10-13(14)17(18)19)16-8-9-22-12-4-2-1-3-5-12/h1-7,10,16H,8-9H2,(H2,15,20,21). The number of sulfonamides is 1. The first-order valence-electron chi connectivity index (χ1n) is 6.61. The first-order valence-corrected chi connectivity index (χ1v) is 9.14. The van der Waals surface area contributed by atoms with Gasteiger partial charge >= 0.3 is 0 Å². The fourth-order valence-corrected chi connectivity index (χ4v) is 3.36. The first-order chi connectivity index (χ1) is 10.9. The monoisotopic (exact) mass is 353 g/mol. The highest BCUT2D eigenvalue weighted by Crippen LogP contribution is 2.26. The maximum Gasteiger partial charge on any atom is 0.291 e. The molecule has 9 heteroatoms. The highest BCUT2D eigenvalue weighted by atomic mass is 32.2. The number of nitrogens with two attached hydrogens (primary N) is 1. The second-order valence-corrected chi connectivity index (χ2v) is 7.27. The molecule has 0 saturated carbocycles. The van der Waals surface area contributed by atoms with E-state index in [0.29, 0.717) is 12.2 Å². The minimum absolute atomic E-state index is 0.470. The largest absolute Gasteiger partial charge is 0.384 e. The van der Waals surface area contributed by atoms with Gasteiger partial charge in [-0.05, 0) is 24.3 Å². The zero-order valence-electron chi connectivity index (χ0n) is 12.0. The van der Waals surface area contributed by atoms with Gasteiger partial charge < -0.3 is 5.32 Å². The van der Waals surface area contributed by atoms with Crippen molar-refractivity contribution >= 4 is 33.2 Å². The van der Waals surface area contributed by atoms with E-state index < -0.39 is 25.5 Å². The Morgan fingerprint density at radius 2 is 1.87 bits per heavy atom. The molecule has 2 aromatic carbocycles. The molecule has 0 atom stereocenters. The second kappa shape index (κ2) is 7.44. The minimum Gasteiger partial charge on any atom is -0.384 e. The number of nitro groups is 1. The van der Waals surface area contributed by atoms with Crippen LogP contribution in [0.3, 0.4) is 0 Å². The predicted octanol–water partition coefficient (Wildman–Crippen LogP) is 2.45. The van der Waals surface area contributed by atoms with Crippen LogP contribution >= 0.6 is 11.8 Å². The average molecular weight is 353 g/mol. The molecule has 23 heavy (non-hydrogen) atoms. The van der Waals surface area contributed by atoms with E-state index in [9.17, 15) is 18.5 Å². The Bertz CT molecular complexity index is 795. The molecule has 0 heterocycles. The van der Waals surface area contributed by atoms with Crippen molar-refractivity contribution in [3.05, 3.63) is 58.6 Å². The number of benzene rings is 2. The molecule has 0 aliphatic heterocycles. The van der Waals surface area contributed by atoms with Gasteiger partial charge in [-0.2, -0.15) is 0 Å². The molecule has 0 aliphatic rings. The second-order valence-electron chi connectivity index (χ2n) is 4.57. The van der Waals surface area contributed by atoms with Gasteiger partial charge in [0.2, 0.25) is 10.0 Å². The van der Waals surface area contributed by atoms with Crippen LogP contribution in [0.15, 0.2) is 58.3 Å². The summed E-state index contributed by atoms with van der Waals surface area (Å²) in [6.07, 6.45) is 0. The van der Waals surface area contributed by atoms with Gasteiger partial charge in [-0.15, -0.1) is 11.8 Å². The van der Waals surface area contributed by atoms with E-state index in [0.717, 1.165) is 16.7 Å². The summed E-state index contributed by atoms with van der Waals surface area (Å²) >= 11 is 1.65. The normalized spacial score (nSPS) is 11.2. The number of nitro benzene ring substituents is 1. The highest BCUT2D eigenvalue weighted by Gasteiger charge is 2.22. The summed E-state index contributed by atoms with van der Waals surface area (Å²) in [6, 6.07) is 13.6. The average Bonchev–Trinajstić information content (AvgIpc) is 2.51. The summed E-state index contributed by atoms with van der Waals surface area (Å²) in [5.74, 6) is 0.759. The molecule has 0 aromatic heterocycles. The molecule has 0 spiro atoms. The number of thioether (sulfide) groups is 1. The molecule has 122 valence electrons. The quantitative estimate of drug-likeness (QED) is 0.342. The van der Waals surface area contributed by atoms with Crippen LogP contribution in [0.2, 0.25) is 0 Å². The lowest BCUT2D eigenvalue weighted by Gasteiger charge is -2.08. The molecule has 0 radical (unpaired) electrons. The van der Waals surface area contributed by atoms with Gasteiger partial charge in [0.1, 0.15) is 0 Å². The Morgan fingerprint density at radius 3 is 2.48 bits per heavy atom. The number of nitrogens with zero attached hydrogens (tertiary/aromatic N) is 1. The van der Waals surface area contributed by atoms with Crippen molar-refractivity contribution in [1.82, 2.24) is 0 Å². The third-order valence-corrected chi connectivity index (χ3v) is 4.88. The van der Waals surface area contributed by atoms with Gasteiger partial charge in [0, 0.05) is 28.9 Å². The topological polar surface area (TPSA) is 115 Å². The van der Waals surface area contributed by atoms with E-state index >= 15 is 0 Å². The summed E-state index contributed by atoms with van der Waals surface area (Å²) in [5, 5.41) is 19.0. The van der Waals surface area contributed by atoms with Crippen LogP contribution in [0.25, 0.3) is 0 Å². The summed E-state index contributed by atoms with van der Waals surface area (Å²) in [7, 11) is -4.13. The van der Waals surface area contributed by atoms with Crippen LogP contribution in [-0.2, 0) is 10.0 Å². The molecule has 7 nitrogen and oxygen atoms in total. The van der Waals surface area contributed by atoms with Gasteiger partial charge in [0.25, 0.3) is 5.69 Å². The molecular formula is C14H15N3O4S2. The lowest BCUT2D eigenvalue weighted by molar-refractivity contribution is -0.387. The molecule has 0 aliphatic carbocycles. The van der Waals surface area contributed by atoms with Crippen LogP contribution in [-0.4, -0.2) is 25.6 Å². The fraction of sp³-hybridized carbons (Fsp3) is 0.143. The van der Waals surface area contributed by atoms with E-state index in [4.69, 9.17) is 5.14 Å². The number of hydrogen-bond donors (Lipinski definition) is 2. The van der Waals surface area contributed by atoms with E-state index in [2.05, 4.69) is 5.32 Å². The van der Waals surface area contributed by atoms with Gasteiger partial charge in [-0.3, -0.25) is 10.1 Å². The van der Waals surface area contributed by atoms with E-state index in [-0.39, 0.29) is 0 Å². The number of nitrogens with one attached hydrogen (secondary N) is 1. The number of rotatable bonds is 7. The molecule has 3 N–H and O–H groups in total. The summed E-state index contributed by atoms with van der Waals surface area (Å²) in [4.78, 5) is 10.9. The first kappa shape index (κ1) is 17.3. The van der Waals surface area contributed by atoms with Gasteiger partial charge in [-0.25, -0.2) is 13.6 Å². The SMILES string of the molecule is NS(=O)(=O)c1ccc(NCCSc2ccccc2)cc1[N+](=O)[O-]. The Balaban J connectivity index is 2.01. The van der Waals surface area contributed by atoms with E-state index in [1.807, 2.05) is 30.3 Å². The zero-order chi connectivity index (χ0) is 16.9. The van der Waals surface area contributed by atoms with Crippen molar-refractivity contribution in [2.75, 3.05) is 17.6 Å². The molecule has 2 aromatic rings. The Labute approximate surface area is 138 Å². The van der Waals surface area contributed by atoms with Crippen molar-refractivity contribution < 1.29 is 13.3 Å². The van der Waals surface area contributed by atoms with Crippen molar-refractivity contribution in [1.29, 1.82) is 0 Å². The molecule has 0 saturated heterocycles. The molecular weight excluding hydrogens is 338 g/mol. The van der Waals surface area contributed by atoms with Gasteiger partial charge in [-0.1, -0.05) is 18.2 Å².